The van der Waals surface area contributed by atoms with Crippen molar-refractivity contribution in [3.05, 3.63) is 12.7 Å². The van der Waals surface area contributed by atoms with E-state index in [1.54, 1.807) is 33.8 Å². The minimum Gasteiger partial charge on any atom is -0.443 e. The first-order valence-electron chi connectivity index (χ1n) is 4.89. The van der Waals surface area contributed by atoms with Gasteiger partial charge >= 0.3 is 6.09 Å². The quantitative estimate of drug-likeness (QED) is 0.493. The first-order chi connectivity index (χ1) is 6.69. The molecule has 1 saturated heterocycles. The van der Waals surface area contributed by atoms with Crippen molar-refractivity contribution in [2.24, 2.45) is 0 Å². The lowest BCUT2D eigenvalue weighted by molar-refractivity contribution is -0.148. The highest BCUT2D eigenvalue weighted by Crippen LogP contribution is 2.33. The van der Waals surface area contributed by atoms with Crippen LogP contribution in [0.25, 0.3) is 0 Å². The molecule has 0 aliphatic carbocycles. The summed E-state index contributed by atoms with van der Waals surface area (Å²) in [7, 11) is 0. The first-order valence-corrected chi connectivity index (χ1v) is 4.89. The molecule has 15 heavy (non-hydrogen) atoms. The molecule has 1 heterocycles. The summed E-state index contributed by atoms with van der Waals surface area (Å²) in [4.78, 5) is 24.1. The summed E-state index contributed by atoms with van der Waals surface area (Å²) in [6.45, 7) is 10.7. The van der Waals surface area contributed by atoms with Gasteiger partial charge in [-0.05, 0) is 27.7 Å². The molecule has 0 aromatic carbocycles. The number of rotatable bonds is 1. The molecule has 1 rings (SSSR count). The molecule has 84 valence electrons. The van der Waals surface area contributed by atoms with Crippen molar-refractivity contribution in [1.82, 2.24) is 4.90 Å². The summed E-state index contributed by atoms with van der Waals surface area (Å²) in [6.07, 6.45) is 1.31. The van der Waals surface area contributed by atoms with Crippen molar-refractivity contribution in [1.29, 1.82) is 0 Å². The Morgan fingerprint density at radius 3 is 2.47 bits per heavy atom. The molecule has 0 aromatic rings. The Bertz CT molecular complexity index is 316. The van der Waals surface area contributed by atoms with Gasteiger partial charge in [-0.25, -0.2) is 9.69 Å². The van der Waals surface area contributed by atoms with Gasteiger partial charge in [-0.3, -0.25) is 4.79 Å². The van der Waals surface area contributed by atoms with E-state index in [0.717, 1.165) is 4.90 Å². The van der Waals surface area contributed by atoms with Crippen molar-refractivity contribution in [2.45, 2.75) is 45.3 Å². The average molecular weight is 211 g/mol. The van der Waals surface area contributed by atoms with Crippen LogP contribution in [0, 0.1) is 0 Å². The van der Waals surface area contributed by atoms with E-state index in [2.05, 4.69) is 6.58 Å². The maximum Gasteiger partial charge on any atom is 0.417 e. The molecule has 4 nitrogen and oxygen atoms in total. The van der Waals surface area contributed by atoms with Crippen LogP contribution >= 0.6 is 0 Å². The third-order valence-electron chi connectivity index (χ3n) is 2.29. The molecule has 0 aromatic heterocycles. The lowest BCUT2D eigenvalue weighted by atomic mass is 9.86. The van der Waals surface area contributed by atoms with Gasteiger partial charge in [-0.1, -0.05) is 6.08 Å². The number of hydrogen-bond donors (Lipinski definition) is 0. The number of β-lactam (4-membered cyclic amide) rings is 1. The number of carbonyl (C=O) groups is 2. The van der Waals surface area contributed by atoms with Gasteiger partial charge in [0.1, 0.15) is 5.60 Å². The highest BCUT2D eigenvalue weighted by Gasteiger charge is 2.50. The minimum absolute atomic E-state index is 0.216. The van der Waals surface area contributed by atoms with Gasteiger partial charge in [0.05, 0.1) is 12.0 Å². The van der Waals surface area contributed by atoms with Crippen molar-refractivity contribution in [3.63, 3.8) is 0 Å². The van der Waals surface area contributed by atoms with Gasteiger partial charge in [0.2, 0.25) is 5.91 Å². The van der Waals surface area contributed by atoms with E-state index in [4.69, 9.17) is 4.74 Å². The van der Waals surface area contributed by atoms with Crippen molar-refractivity contribution in [3.8, 4) is 0 Å². The summed E-state index contributed by atoms with van der Waals surface area (Å²) in [5, 5.41) is 0. The smallest absolute Gasteiger partial charge is 0.417 e. The monoisotopic (exact) mass is 211 g/mol. The van der Waals surface area contributed by atoms with E-state index in [9.17, 15) is 9.59 Å². The lowest BCUT2D eigenvalue weighted by Gasteiger charge is -2.46. The Hall–Kier alpha value is -1.32. The molecule has 1 atom stereocenters. The maximum atomic E-state index is 11.7. The molecule has 2 amide bonds. The van der Waals surface area contributed by atoms with E-state index in [0.29, 0.717) is 6.42 Å². The SMILES string of the molecule is C=C[C@@]1(C)CC(=O)N1C(=O)OC(C)(C)C. The van der Waals surface area contributed by atoms with E-state index < -0.39 is 17.2 Å². The van der Waals surface area contributed by atoms with Gasteiger partial charge in [-0.15, -0.1) is 6.58 Å². The van der Waals surface area contributed by atoms with Crippen LogP contribution in [0.1, 0.15) is 34.1 Å². The number of imide groups is 1. The van der Waals surface area contributed by atoms with Crippen LogP contribution in [0.2, 0.25) is 0 Å². The Balaban J connectivity index is 2.75. The van der Waals surface area contributed by atoms with Crippen LogP contribution in [-0.2, 0) is 9.53 Å². The van der Waals surface area contributed by atoms with Crippen molar-refractivity contribution >= 4 is 12.0 Å². The molecule has 4 heteroatoms. The molecule has 0 saturated carbocycles. The van der Waals surface area contributed by atoms with Crippen molar-refractivity contribution in [2.75, 3.05) is 0 Å². The van der Waals surface area contributed by atoms with Crippen molar-refractivity contribution < 1.29 is 14.3 Å². The molecular formula is C11H17NO3. The summed E-state index contributed by atoms with van der Waals surface area (Å²) in [6, 6.07) is 0. The van der Waals surface area contributed by atoms with Crippen LogP contribution in [0.5, 0.6) is 0 Å². The molecule has 1 aliphatic heterocycles. The lowest BCUT2D eigenvalue weighted by Crippen LogP contribution is -2.63. The Labute approximate surface area is 89.9 Å². The highest BCUT2D eigenvalue weighted by molar-refractivity contribution is 5.99. The first kappa shape index (κ1) is 11.8. The third kappa shape index (κ3) is 2.19. The second-order valence-electron chi connectivity index (χ2n) is 4.95. The number of nitrogens with zero attached hydrogens (tertiary/aromatic N) is 1. The highest BCUT2D eigenvalue weighted by atomic mass is 16.6. The maximum absolute atomic E-state index is 11.7. The predicted molar refractivity (Wildman–Crippen MR) is 56.3 cm³/mol. The van der Waals surface area contributed by atoms with Gasteiger partial charge in [0.15, 0.2) is 0 Å². The fourth-order valence-corrected chi connectivity index (χ4v) is 1.44. The van der Waals surface area contributed by atoms with Gasteiger partial charge in [0.25, 0.3) is 0 Å². The van der Waals surface area contributed by atoms with Gasteiger partial charge in [-0.2, -0.15) is 0 Å². The average Bonchev–Trinajstić information content (AvgIpc) is 1.98. The van der Waals surface area contributed by atoms with Gasteiger partial charge in [0, 0.05) is 0 Å². The number of carbonyl (C=O) groups excluding carboxylic acids is 2. The van der Waals surface area contributed by atoms with E-state index in [1.165, 1.54) is 0 Å². The summed E-state index contributed by atoms with van der Waals surface area (Å²) in [5.74, 6) is -0.216. The molecule has 1 fully saturated rings. The molecule has 0 spiro atoms. The molecule has 0 bridgehead atoms. The topological polar surface area (TPSA) is 46.6 Å². The fraction of sp³-hybridized carbons (Fsp3) is 0.636. The Kier molecular flexibility index (Phi) is 2.63. The van der Waals surface area contributed by atoms with Crippen LogP contribution in [0.15, 0.2) is 12.7 Å². The number of hydrogen-bond acceptors (Lipinski definition) is 3. The molecule has 0 unspecified atom stereocenters. The Morgan fingerprint density at radius 1 is 1.60 bits per heavy atom. The van der Waals surface area contributed by atoms with Crippen LogP contribution < -0.4 is 0 Å². The second-order valence-corrected chi connectivity index (χ2v) is 4.95. The third-order valence-corrected chi connectivity index (χ3v) is 2.29. The number of likely N-dealkylation sites (tertiary alicyclic amines) is 1. The van der Waals surface area contributed by atoms with Gasteiger partial charge < -0.3 is 4.74 Å². The Morgan fingerprint density at radius 2 is 2.13 bits per heavy atom. The summed E-state index contributed by atoms with van der Waals surface area (Å²) in [5.41, 5.74) is -1.17. The zero-order chi connectivity index (χ0) is 11.9. The standard InChI is InChI=1S/C11H17NO3/c1-6-11(5)7-8(13)12(11)9(14)15-10(2,3)4/h6H,1,7H2,2-5H3/t11-/m0/s1. The zero-order valence-corrected chi connectivity index (χ0v) is 9.66. The fourth-order valence-electron chi connectivity index (χ4n) is 1.44. The summed E-state index contributed by atoms with van der Waals surface area (Å²) >= 11 is 0. The van der Waals surface area contributed by atoms with Crippen LogP contribution in [0.4, 0.5) is 4.79 Å². The van der Waals surface area contributed by atoms with E-state index in [1.807, 2.05) is 0 Å². The molecule has 0 radical (unpaired) electrons. The van der Waals surface area contributed by atoms with Crippen LogP contribution in [0.3, 0.4) is 0 Å². The summed E-state index contributed by atoms with van der Waals surface area (Å²) < 4.78 is 5.13. The van der Waals surface area contributed by atoms with E-state index in [-0.39, 0.29) is 5.91 Å². The molecular weight excluding hydrogens is 194 g/mol. The molecule has 1 aliphatic rings. The zero-order valence-electron chi connectivity index (χ0n) is 9.66. The number of ether oxygens (including phenoxy) is 1. The van der Waals surface area contributed by atoms with Crippen LogP contribution in [-0.4, -0.2) is 28.0 Å². The molecule has 0 N–H and O–H groups in total. The second kappa shape index (κ2) is 3.36. The predicted octanol–water partition coefficient (Wildman–Crippen LogP) is 2.10. The number of amides is 2. The normalized spacial score (nSPS) is 25.9. The van der Waals surface area contributed by atoms with E-state index >= 15 is 0 Å². The minimum atomic E-state index is -0.596. The largest absolute Gasteiger partial charge is 0.443 e.